The first kappa shape index (κ1) is 50.6. The van der Waals surface area contributed by atoms with Gasteiger partial charge in [0.25, 0.3) is 0 Å². The van der Waals surface area contributed by atoms with Crippen molar-refractivity contribution >= 4 is 29.7 Å². The number of nitrogens with two attached hydrogens (primary N) is 1. The molecule has 0 unspecified atom stereocenters. The van der Waals surface area contributed by atoms with Crippen LogP contribution in [0.2, 0.25) is 0 Å². The zero-order valence-corrected chi connectivity index (χ0v) is 32.6. The van der Waals surface area contributed by atoms with Crippen LogP contribution in [-0.4, -0.2) is 60.0 Å². The normalized spacial score (nSPS) is 11.9. The van der Waals surface area contributed by atoms with Crippen LogP contribution in [-0.2, 0) is 23.9 Å². The molecular weight excluding hydrogens is 667 g/mol. The minimum atomic E-state index is -5.08. The molecule has 7 nitrogen and oxygen atoms in total. The van der Waals surface area contributed by atoms with Crippen LogP contribution in [0.1, 0.15) is 194 Å². The maximum atomic E-state index is 12.4. The van der Waals surface area contributed by atoms with E-state index in [1.807, 2.05) is 0 Å². The molecule has 0 aliphatic carbocycles. The zero-order chi connectivity index (χ0) is 37.6. The number of carbonyl (C=O) groups is 3. The van der Waals surface area contributed by atoms with Crippen molar-refractivity contribution in [2.75, 3.05) is 24.7 Å². The number of rotatable bonds is 35. The highest BCUT2D eigenvalue weighted by molar-refractivity contribution is 7.99. The molecule has 0 heterocycles. The van der Waals surface area contributed by atoms with E-state index in [9.17, 15) is 22.8 Å². The molecule has 0 spiro atoms. The van der Waals surface area contributed by atoms with Gasteiger partial charge in [0.1, 0.15) is 12.7 Å². The number of halogens is 3. The van der Waals surface area contributed by atoms with Crippen LogP contribution in [0, 0.1) is 0 Å². The number of alkyl halides is 3. The number of ether oxygens (including phenoxy) is 2. The Kier molecular flexibility index (Phi) is 39.2. The van der Waals surface area contributed by atoms with Gasteiger partial charge in [0.15, 0.2) is 0 Å². The van der Waals surface area contributed by atoms with Gasteiger partial charge in [-0.1, -0.05) is 168 Å². The van der Waals surface area contributed by atoms with Gasteiger partial charge in [-0.2, -0.15) is 24.9 Å². The molecule has 0 aliphatic heterocycles. The zero-order valence-electron chi connectivity index (χ0n) is 31.8. The fourth-order valence-electron chi connectivity index (χ4n) is 5.49. The predicted molar refractivity (Wildman–Crippen MR) is 202 cm³/mol. The fourth-order valence-corrected chi connectivity index (χ4v) is 6.25. The number of aliphatic carboxylic acids is 1. The number of unbranched alkanes of at least 4 members (excludes halogenated alkanes) is 24. The Hall–Kier alpha value is -1.49. The van der Waals surface area contributed by atoms with Crippen LogP contribution in [0.15, 0.2) is 0 Å². The highest BCUT2D eigenvalue weighted by atomic mass is 32.2. The van der Waals surface area contributed by atoms with Crippen LogP contribution in [0.4, 0.5) is 13.2 Å². The Balaban J connectivity index is 0. The van der Waals surface area contributed by atoms with E-state index in [0.29, 0.717) is 25.1 Å². The summed E-state index contributed by atoms with van der Waals surface area (Å²) < 4.78 is 42.9. The number of esters is 2. The lowest BCUT2D eigenvalue weighted by atomic mass is 10.0. The van der Waals surface area contributed by atoms with Crippen molar-refractivity contribution in [3.63, 3.8) is 0 Å². The van der Waals surface area contributed by atoms with Crippen molar-refractivity contribution in [2.45, 2.75) is 206 Å². The highest BCUT2D eigenvalue weighted by Crippen LogP contribution is 2.16. The maximum absolute atomic E-state index is 12.4. The topological polar surface area (TPSA) is 116 Å². The third-order valence-corrected chi connectivity index (χ3v) is 9.64. The molecule has 3 N–H and O–H groups in total. The standard InChI is InChI=1S/C37H73NO4S.C2HF3O2/c1-3-5-7-9-11-13-15-17-19-21-23-25-27-29-36(39)41-33-35(34-43-32-31-38)42-37(40)30-28-26-24-22-20-18-16-14-12-10-8-6-4-2;3-2(4,5)1(6)7/h35H,3-34,38H2,1-2H3;(H,6,7)/t35-;/m1./s1. The molecule has 0 rings (SSSR count). The summed E-state index contributed by atoms with van der Waals surface area (Å²) in [5.41, 5.74) is 5.63. The van der Waals surface area contributed by atoms with E-state index in [-0.39, 0.29) is 24.6 Å². The molecule has 11 heteroatoms. The van der Waals surface area contributed by atoms with Crippen LogP contribution in [0.3, 0.4) is 0 Å². The first-order valence-electron chi connectivity index (χ1n) is 20.0. The summed E-state index contributed by atoms with van der Waals surface area (Å²) in [5.74, 6) is -1.68. The lowest BCUT2D eigenvalue weighted by Crippen LogP contribution is -2.28. The molecule has 0 aromatic rings. The first-order chi connectivity index (χ1) is 24.1. The van der Waals surface area contributed by atoms with Gasteiger partial charge in [-0.15, -0.1) is 0 Å². The second kappa shape index (κ2) is 38.7. The maximum Gasteiger partial charge on any atom is 0.490 e. The minimum Gasteiger partial charge on any atom is -0.475 e. The van der Waals surface area contributed by atoms with Crippen LogP contribution >= 0.6 is 11.8 Å². The molecule has 0 bridgehead atoms. The summed E-state index contributed by atoms with van der Waals surface area (Å²) in [5, 5.41) is 7.12. The fraction of sp³-hybridized carbons (Fsp3) is 0.923. The van der Waals surface area contributed by atoms with Gasteiger partial charge in [0.05, 0.1) is 0 Å². The molecular formula is C39H74F3NO6S. The second-order valence-corrected chi connectivity index (χ2v) is 14.6. The first-order valence-corrected chi connectivity index (χ1v) is 21.2. The van der Waals surface area contributed by atoms with Crippen LogP contribution in [0.25, 0.3) is 0 Å². The molecule has 0 aromatic heterocycles. The number of thioether (sulfide) groups is 1. The molecule has 50 heavy (non-hydrogen) atoms. The summed E-state index contributed by atoms with van der Waals surface area (Å²) >= 11 is 1.65. The van der Waals surface area contributed by atoms with Gasteiger partial charge >= 0.3 is 24.1 Å². The number of carboxylic acid groups (broad SMARTS) is 1. The van der Waals surface area contributed by atoms with E-state index in [2.05, 4.69) is 13.8 Å². The largest absolute Gasteiger partial charge is 0.490 e. The van der Waals surface area contributed by atoms with E-state index >= 15 is 0 Å². The third-order valence-electron chi connectivity index (χ3n) is 8.51. The molecule has 0 radical (unpaired) electrons. The molecule has 0 saturated heterocycles. The Bertz CT molecular complexity index is 773. The van der Waals surface area contributed by atoms with Gasteiger partial charge < -0.3 is 20.3 Å². The summed E-state index contributed by atoms with van der Waals surface area (Å²) in [6, 6.07) is 0. The number of hydrogen-bond donors (Lipinski definition) is 2. The molecule has 1 atom stereocenters. The Morgan fingerprint density at radius 3 is 1.24 bits per heavy atom. The van der Waals surface area contributed by atoms with Crippen molar-refractivity contribution in [1.82, 2.24) is 0 Å². The number of hydrogen-bond acceptors (Lipinski definition) is 7. The lowest BCUT2D eigenvalue weighted by Gasteiger charge is -2.18. The van der Waals surface area contributed by atoms with E-state index in [1.54, 1.807) is 11.8 Å². The average Bonchev–Trinajstić information content (AvgIpc) is 3.07. The number of carbonyl (C=O) groups excluding carboxylic acids is 2. The predicted octanol–water partition coefficient (Wildman–Crippen LogP) is 11.7. The van der Waals surface area contributed by atoms with Gasteiger partial charge in [0.2, 0.25) is 0 Å². The van der Waals surface area contributed by atoms with Gasteiger partial charge in [-0.3, -0.25) is 9.59 Å². The molecule has 0 fully saturated rings. The Morgan fingerprint density at radius 1 is 0.600 bits per heavy atom. The van der Waals surface area contributed by atoms with Crippen molar-refractivity contribution in [3.8, 4) is 0 Å². The van der Waals surface area contributed by atoms with E-state index in [0.717, 1.165) is 31.4 Å². The SMILES string of the molecule is CCCCCCCCCCCCCCCC(=O)OC[C@H](CSCCN)OC(=O)CCCCCCCCCCCCCCC.O=C(O)C(F)(F)F. The molecule has 0 aromatic carbocycles. The summed E-state index contributed by atoms with van der Waals surface area (Å²) in [6.45, 7) is 5.28. The van der Waals surface area contributed by atoms with Gasteiger partial charge in [0, 0.05) is 30.9 Å². The summed E-state index contributed by atoms with van der Waals surface area (Å²) in [4.78, 5) is 33.6. The third kappa shape index (κ3) is 40.9. The highest BCUT2D eigenvalue weighted by Gasteiger charge is 2.38. The average molecular weight is 742 g/mol. The molecule has 0 amide bonds. The smallest absolute Gasteiger partial charge is 0.475 e. The van der Waals surface area contributed by atoms with Crippen molar-refractivity contribution in [1.29, 1.82) is 0 Å². The van der Waals surface area contributed by atoms with Crippen LogP contribution < -0.4 is 5.73 Å². The van der Waals surface area contributed by atoms with Crippen LogP contribution in [0.5, 0.6) is 0 Å². The van der Waals surface area contributed by atoms with E-state index in [4.69, 9.17) is 25.1 Å². The summed E-state index contributed by atoms with van der Waals surface area (Å²) in [6.07, 6.45) is 28.9. The minimum absolute atomic E-state index is 0.152. The summed E-state index contributed by atoms with van der Waals surface area (Å²) in [7, 11) is 0. The van der Waals surface area contributed by atoms with E-state index in [1.165, 1.54) is 141 Å². The Morgan fingerprint density at radius 2 is 0.920 bits per heavy atom. The van der Waals surface area contributed by atoms with Crippen molar-refractivity contribution < 1.29 is 42.1 Å². The van der Waals surface area contributed by atoms with Gasteiger partial charge in [-0.05, 0) is 12.8 Å². The second-order valence-electron chi connectivity index (χ2n) is 13.4. The van der Waals surface area contributed by atoms with Gasteiger partial charge in [-0.25, -0.2) is 4.79 Å². The molecule has 298 valence electrons. The Labute approximate surface area is 307 Å². The molecule has 0 aliphatic rings. The monoisotopic (exact) mass is 742 g/mol. The van der Waals surface area contributed by atoms with Crippen molar-refractivity contribution in [3.05, 3.63) is 0 Å². The number of carboxylic acids is 1. The van der Waals surface area contributed by atoms with Crippen molar-refractivity contribution in [2.24, 2.45) is 5.73 Å². The molecule has 0 saturated carbocycles. The van der Waals surface area contributed by atoms with E-state index < -0.39 is 12.1 Å². The lowest BCUT2D eigenvalue weighted by molar-refractivity contribution is -0.192. The quantitative estimate of drug-likeness (QED) is 0.0487.